The number of carbonyl (C=O) groups is 1. The molecule has 2 rings (SSSR count). The van der Waals surface area contributed by atoms with Gasteiger partial charge in [0, 0.05) is 31.5 Å². The first-order valence-corrected chi connectivity index (χ1v) is 8.27. The van der Waals surface area contributed by atoms with Crippen LogP contribution in [-0.2, 0) is 21.2 Å². The van der Waals surface area contributed by atoms with E-state index in [2.05, 4.69) is 5.10 Å². The van der Waals surface area contributed by atoms with Gasteiger partial charge in [-0.2, -0.15) is 5.10 Å². The highest BCUT2D eigenvalue weighted by atomic mass is 32.2. The number of hydrogen-bond donors (Lipinski definition) is 0. The average Bonchev–Trinajstić information content (AvgIpc) is 2.86. The van der Waals surface area contributed by atoms with Crippen LogP contribution in [0.5, 0.6) is 0 Å². The van der Waals surface area contributed by atoms with Gasteiger partial charge in [0.1, 0.15) is 0 Å². The van der Waals surface area contributed by atoms with Crippen LogP contribution in [0.25, 0.3) is 6.08 Å². The summed E-state index contributed by atoms with van der Waals surface area (Å²) in [4.78, 5) is 11.3. The van der Waals surface area contributed by atoms with Crippen LogP contribution >= 0.6 is 11.8 Å². The molecule has 2 heterocycles. The largest absolute Gasteiger partial charge is 0.491 e. The molecule has 0 saturated carbocycles. The van der Waals surface area contributed by atoms with E-state index in [-0.39, 0.29) is 5.12 Å². The lowest BCUT2D eigenvalue weighted by molar-refractivity contribution is -0.109. The smallest absolute Gasteiger partial charge is 0.400 e. The Bertz CT molecular complexity index is 579. The Morgan fingerprint density at radius 1 is 1.36 bits per heavy atom. The molecule has 7 heteroatoms. The van der Waals surface area contributed by atoms with Gasteiger partial charge in [-0.1, -0.05) is 17.8 Å². The van der Waals surface area contributed by atoms with Gasteiger partial charge in [0.15, 0.2) is 5.12 Å². The fraction of sp³-hybridized carbons (Fsp3) is 0.600. The summed E-state index contributed by atoms with van der Waals surface area (Å²) < 4.78 is 13.9. The normalized spacial score (nSPS) is 20.5. The first kappa shape index (κ1) is 17.3. The average molecular weight is 322 g/mol. The second-order valence-electron chi connectivity index (χ2n) is 6.54. The van der Waals surface area contributed by atoms with Crippen molar-refractivity contribution in [3.63, 3.8) is 0 Å². The molecule has 1 saturated heterocycles. The predicted molar refractivity (Wildman–Crippen MR) is 90.4 cm³/mol. The molecule has 1 aliphatic rings. The number of thioether (sulfide) groups is 1. The predicted octanol–water partition coefficient (Wildman–Crippen LogP) is 2.71. The molecule has 0 radical (unpaired) electrons. The summed E-state index contributed by atoms with van der Waals surface area (Å²) >= 11 is 1.26. The van der Waals surface area contributed by atoms with Gasteiger partial charge in [0.05, 0.1) is 17.4 Å². The lowest BCUT2D eigenvalue weighted by Crippen LogP contribution is -2.41. The van der Waals surface area contributed by atoms with Gasteiger partial charge in [0.25, 0.3) is 0 Å². The number of aromatic nitrogens is 2. The fourth-order valence-corrected chi connectivity index (χ4v) is 2.68. The lowest BCUT2D eigenvalue weighted by Gasteiger charge is -2.32. The number of rotatable bonds is 4. The molecule has 0 bridgehead atoms. The van der Waals surface area contributed by atoms with E-state index < -0.39 is 18.3 Å². The Morgan fingerprint density at radius 2 is 1.95 bits per heavy atom. The summed E-state index contributed by atoms with van der Waals surface area (Å²) in [5.41, 5.74) is 1.11. The number of aryl methyl sites for hydroxylation is 1. The van der Waals surface area contributed by atoms with Crippen molar-refractivity contribution in [3.8, 4) is 0 Å². The van der Waals surface area contributed by atoms with Crippen LogP contribution in [-0.4, -0.2) is 39.0 Å². The standard InChI is InChI=1S/C15H23BN2O3S/c1-11(19)22-10-13(7-12-8-17-18(6)9-12)16-20-14(2,3)15(4,5)21-16/h7-9H,10H2,1-6H3. The third-order valence-electron chi connectivity index (χ3n) is 4.08. The van der Waals surface area contributed by atoms with E-state index >= 15 is 0 Å². The SMILES string of the molecule is CC(=O)SCC(=Cc1cnn(C)c1)B1OC(C)(C)C(C)(C)O1. The lowest BCUT2D eigenvalue weighted by atomic mass is 9.78. The Labute approximate surface area is 136 Å². The van der Waals surface area contributed by atoms with Gasteiger partial charge in [-0.3, -0.25) is 9.48 Å². The minimum Gasteiger partial charge on any atom is -0.400 e. The fourth-order valence-electron chi connectivity index (χ4n) is 2.09. The van der Waals surface area contributed by atoms with Crippen molar-refractivity contribution < 1.29 is 14.1 Å². The molecule has 0 spiro atoms. The Balaban J connectivity index is 2.25. The maximum atomic E-state index is 11.3. The number of nitrogens with zero attached hydrogens (tertiary/aromatic N) is 2. The van der Waals surface area contributed by atoms with Crippen molar-refractivity contribution in [1.82, 2.24) is 9.78 Å². The summed E-state index contributed by atoms with van der Waals surface area (Å²) in [5.74, 6) is 0.543. The van der Waals surface area contributed by atoms with E-state index in [4.69, 9.17) is 9.31 Å². The summed E-state index contributed by atoms with van der Waals surface area (Å²) in [6, 6.07) is 0. The molecule has 0 aromatic carbocycles. The van der Waals surface area contributed by atoms with Crippen LogP contribution in [0.1, 0.15) is 40.2 Å². The molecule has 0 atom stereocenters. The van der Waals surface area contributed by atoms with Crippen molar-refractivity contribution in [2.24, 2.45) is 7.05 Å². The first-order chi connectivity index (χ1) is 10.1. The van der Waals surface area contributed by atoms with Crippen LogP contribution in [0.3, 0.4) is 0 Å². The quantitative estimate of drug-likeness (QED) is 0.798. The zero-order valence-electron chi connectivity index (χ0n) is 14.0. The molecule has 120 valence electrons. The van der Waals surface area contributed by atoms with Crippen LogP contribution in [0.15, 0.2) is 17.9 Å². The zero-order chi connectivity index (χ0) is 16.5. The van der Waals surface area contributed by atoms with Crippen molar-refractivity contribution >= 4 is 30.1 Å². The van der Waals surface area contributed by atoms with E-state index in [0.29, 0.717) is 5.75 Å². The number of hydrogen-bond acceptors (Lipinski definition) is 5. The molecule has 1 aromatic rings. The minimum absolute atomic E-state index is 0.0774. The molecule has 5 nitrogen and oxygen atoms in total. The molecule has 0 N–H and O–H groups in total. The molecule has 1 aromatic heterocycles. The Hall–Kier alpha value is -1.05. The van der Waals surface area contributed by atoms with E-state index in [1.165, 1.54) is 11.8 Å². The number of carbonyl (C=O) groups excluding carboxylic acids is 1. The molecule has 1 aliphatic heterocycles. The summed E-state index contributed by atoms with van der Waals surface area (Å²) in [5, 5.41) is 4.24. The molecular formula is C15H23BN2O3S. The second-order valence-corrected chi connectivity index (χ2v) is 7.69. The van der Waals surface area contributed by atoms with Gasteiger partial charge >= 0.3 is 7.12 Å². The van der Waals surface area contributed by atoms with Crippen molar-refractivity contribution in [2.75, 3.05) is 5.75 Å². The van der Waals surface area contributed by atoms with Crippen LogP contribution in [0, 0.1) is 0 Å². The third kappa shape index (κ3) is 3.83. The second kappa shape index (κ2) is 6.22. The Kier molecular flexibility index (Phi) is 4.89. The molecule has 1 fully saturated rings. The van der Waals surface area contributed by atoms with Crippen molar-refractivity contribution in [1.29, 1.82) is 0 Å². The third-order valence-corrected chi connectivity index (χ3v) is 4.96. The van der Waals surface area contributed by atoms with E-state index in [1.54, 1.807) is 17.8 Å². The topological polar surface area (TPSA) is 53.4 Å². The van der Waals surface area contributed by atoms with Crippen molar-refractivity contribution in [3.05, 3.63) is 23.4 Å². The van der Waals surface area contributed by atoms with Gasteiger partial charge in [-0.15, -0.1) is 0 Å². The van der Waals surface area contributed by atoms with Gasteiger partial charge < -0.3 is 9.31 Å². The summed E-state index contributed by atoms with van der Waals surface area (Å²) in [7, 11) is 1.42. The van der Waals surface area contributed by atoms with E-state index in [0.717, 1.165) is 11.0 Å². The molecule has 0 aliphatic carbocycles. The highest BCUT2D eigenvalue weighted by Gasteiger charge is 2.52. The van der Waals surface area contributed by atoms with Crippen LogP contribution in [0.2, 0.25) is 0 Å². The maximum absolute atomic E-state index is 11.3. The van der Waals surface area contributed by atoms with Gasteiger partial charge in [-0.05, 0) is 33.2 Å². The summed E-state index contributed by atoms with van der Waals surface area (Å²) in [6.07, 6.45) is 5.69. The molecule has 0 amide bonds. The van der Waals surface area contributed by atoms with Gasteiger partial charge in [0.2, 0.25) is 0 Å². The maximum Gasteiger partial charge on any atom is 0.491 e. The molecule has 0 unspecified atom stereocenters. The zero-order valence-corrected chi connectivity index (χ0v) is 14.9. The highest BCUT2D eigenvalue weighted by Crippen LogP contribution is 2.39. The molecular weight excluding hydrogens is 299 g/mol. The van der Waals surface area contributed by atoms with Crippen LogP contribution in [0.4, 0.5) is 0 Å². The molecule has 22 heavy (non-hydrogen) atoms. The summed E-state index contributed by atoms with van der Waals surface area (Å²) in [6.45, 7) is 9.65. The van der Waals surface area contributed by atoms with E-state index in [1.807, 2.05) is 47.0 Å². The minimum atomic E-state index is -0.447. The monoisotopic (exact) mass is 322 g/mol. The van der Waals surface area contributed by atoms with Crippen LogP contribution < -0.4 is 0 Å². The highest BCUT2D eigenvalue weighted by molar-refractivity contribution is 8.13. The Morgan fingerprint density at radius 3 is 2.41 bits per heavy atom. The van der Waals surface area contributed by atoms with E-state index in [9.17, 15) is 4.79 Å². The van der Waals surface area contributed by atoms with Gasteiger partial charge in [-0.25, -0.2) is 0 Å². The first-order valence-electron chi connectivity index (χ1n) is 7.29. The van der Waals surface area contributed by atoms with Crippen molar-refractivity contribution in [2.45, 2.75) is 45.8 Å².